The van der Waals surface area contributed by atoms with Crippen LogP contribution in [-0.2, 0) is 15.4 Å². The molecule has 4 heteroatoms. The molecular formula is C17H25NO2S. The number of nitrogens with zero attached hydrogens (tertiary/aromatic N) is 1. The first kappa shape index (κ1) is 15.0. The Balaban J connectivity index is 1.76. The number of hydrogen-bond donors (Lipinski definition) is 0. The zero-order valence-electron chi connectivity index (χ0n) is 12.8. The van der Waals surface area contributed by atoms with Crippen molar-refractivity contribution in [3.63, 3.8) is 0 Å². The van der Waals surface area contributed by atoms with Crippen molar-refractivity contribution in [1.82, 2.24) is 4.90 Å². The molecule has 1 heterocycles. The number of rotatable bonds is 5. The van der Waals surface area contributed by atoms with Gasteiger partial charge >= 0.3 is 0 Å². The number of likely N-dealkylation sites (tertiary alicyclic amines) is 1. The average molecular weight is 307 g/mol. The number of benzene rings is 1. The van der Waals surface area contributed by atoms with E-state index in [2.05, 4.69) is 35.2 Å². The van der Waals surface area contributed by atoms with Crippen molar-refractivity contribution in [1.29, 1.82) is 0 Å². The predicted molar refractivity (Wildman–Crippen MR) is 86.0 cm³/mol. The van der Waals surface area contributed by atoms with E-state index in [1.165, 1.54) is 37.5 Å². The number of sulfone groups is 1. The van der Waals surface area contributed by atoms with E-state index in [0.717, 1.165) is 25.4 Å². The van der Waals surface area contributed by atoms with E-state index in [4.69, 9.17) is 0 Å². The quantitative estimate of drug-likeness (QED) is 0.839. The molecule has 0 aromatic heterocycles. The molecule has 1 aliphatic heterocycles. The summed E-state index contributed by atoms with van der Waals surface area (Å²) in [5.74, 6) is 1.06. The van der Waals surface area contributed by atoms with Crippen molar-refractivity contribution in [3.05, 3.63) is 35.9 Å². The molecular weight excluding hydrogens is 282 g/mol. The zero-order valence-corrected chi connectivity index (χ0v) is 13.6. The fourth-order valence-corrected chi connectivity index (χ4v) is 4.95. The molecule has 2 atom stereocenters. The molecule has 1 saturated heterocycles. The SMILES string of the molecule is CS(=O)(=O)CCCN1CC2CCCCC21c1ccccc1. The number of fused-ring (bicyclic) bond motifs is 1. The van der Waals surface area contributed by atoms with Crippen LogP contribution in [0.4, 0.5) is 0 Å². The first-order valence-electron chi connectivity index (χ1n) is 8.01. The summed E-state index contributed by atoms with van der Waals surface area (Å²) in [6, 6.07) is 10.8. The third-order valence-corrected chi connectivity index (χ3v) is 6.29. The van der Waals surface area contributed by atoms with Gasteiger partial charge in [-0.05, 0) is 30.7 Å². The van der Waals surface area contributed by atoms with Crippen molar-refractivity contribution < 1.29 is 8.42 Å². The highest BCUT2D eigenvalue weighted by molar-refractivity contribution is 7.90. The topological polar surface area (TPSA) is 37.4 Å². The van der Waals surface area contributed by atoms with Crippen LogP contribution in [0.2, 0.25) is 0 Å². The molecule has 1 aromatic rings. The van der Waals surface area contributed by atoms with Crippen molar-refractivity contribution in [2.75, 3.05) is 25.1 Å². The van der Waals surface area contributed by atoms with Crippen LogP contribution in [0, 0.1) is 5.92 Å². The van der Waals surface area contributed by atoms with E-state index >= 15 is 0 Å². The van der Waals surface area contributed by atoms with Gasteiger partial charge in [0.05, 0.1) is 11.3 Å². The summed E-state index contributed by atoms with van der Waals surface area (Å²) in [6.07, 6.45) is 7.25. The molecule has 1 saturated carbocycles. The second-order valence-corrected chi connectivity index (χ2v) is 8.92. The summed E-state index contributed by atoms with van der Waals surface area (Å²) in [5.41, 5.74) is 1.62. The summed E-state index contributed by atoms with van der Waals surface area (Å²) in [5, 5.41) is 0. The Labute approximate surface area is 128 Å². The summed E-state index contributed by atoms with van der Waals surface area (Å²) < 4.78 is 22.7. The van der Waals surface area contributed by atoms with Gasteiger partial charge in [0, 0.05) is 19.3 Å². The third-order valence-electron chi connectivity index (χ3n) is 5.26. The Morgan fingerprint density at radius 2 is 2.00 bits per heavy atom. The molecule has 116 valence electrons. The van der Waals surface area contributed by atoms with E-state index in [9.17, 15) is 8.42 Å². The van der Waals surface area contributed by atoms with Gasteiger partial charge in [-0.25, -0.2) is 8.42 Å². The Bertz CT molecular complexity index is 584. The molecule has 0 bridgehead atoms. The molecule has 0 amide bonds. The van der Waals surface area contributed by atoms with Gasteiger partial charge in [0.25, 0.3) is 0 Å². The molecule has 0 N–H and O–H groups in total. The Hall–Kier alpha value is -0.870. The summed E-state index contributed by atoms with van der Waals surface area (Å²) in [6.45, 7) is 2.04. The maximum absolute atomic E-state index is 11.3. The second kappa shape index (κ2) is 5.73. The molecule has 1 aliphatic carbocycles. The lowest BCUT2D eigenvalue weighted by Crippen LogP contribution is -2.66. The van der Waals surface area contributed by atoms with Gasteiger partial charge in [0.15, 0.2) is 0 Å². The zero-order chi connectivity index (χ0) is 14.9. The van der Waals surface area contributed by atoms with Crippen LogP contribution in [0.25, 0.3) is 0 Å². The molecule has 2 aliphatic rings. The summed E-state index contributed by atoms with van der Waals surface area (Å²) >= 11 is 0. The molecule has 21 heavy (non-hydrogen) atoms. The van der Waals surface area contributed by atoms with Crippen LogP contribution in [0.3, 0.4) is 0 Å². The molecule has 0 radical (unpaired) electrons. The van der Waals surface area contributed by atoms with Crippen LogP contribution in [0.1, 0.15) is 37.7 Å². The van der Waals surface area contributed by atoms with E-state index in [1.54, 1.807) is 0 Å². The Morgan fingerprint density at radius 3 is 2.67 bits per heavy atom. The highest BCUT2D eigenvalue weighted by atomic mass is 32.2. The van der Waals surface area contributed by atoms with Gasteiger partial charge in [-0.2, -0.15) is 0 Å². The van der Waals surface area contributed by atoms with Crippen LogP contribution in [-0.4, -0.2) is 38.4 Å². The van der Waals surface area contributed by atoms with Gasteiger partial charge in [0.2, 0.25) is 0 Å². The van der Waals surface area contributed by atoms with Crippen LogP contribution >= 0.6 is 0 Å². The van der Waals surface area contributed by atoms with Crippen molar-refractivity contribution in [2.45, 2.75) is 37.6 Å². The minimum atomic E-state index is -2.84. The van der Waals surface area contributed by atoms with E-state index < -0.39 is 9.84 Å². The van der Waals surface area contributed by atoms with E-state index in [-0.39, 0.29) is 5.54 Å². The lowest BCUT2D eigenvalue weighted by Gasteiger charge is -2.62. The van der Waals surface area contributed by atoms with Crippen LogP contribution < -0.4 is 0 Å². The lowest BCUT2D eigenvalue weighted by molar-refractivity contribution is -0.114. The first-order chi connectivity index (χ1) is 10.0. The second-order valence-electron chi connectivity index (χ2n) is 6.66. The van der Waals surface area contributed by atoms with Crippen molar-refractivity contribution in [3.8, 4) is 0 Å². The summed E-state index contributed by atoms with van der Waals surface area (Å²) in [7, 11) is -2.84. The molecule has 1 aromatic carbocycles. The Morgan fingerprint density at radius 1 is 1.24 bits per heavy atom. The number of hydrogen-bond acceptors (Lipinski definition) is 3. The minimum Gasteiger partial charge on any atom is -0.293 e. The van der Waals surface area contributed by atoms with Crippen LogP contribution in [0.5, 0.6) is 0 Å². The van der Waals surface area contributed by atoms with E-state index in [1.807, 2.05) is 0 Å². The summed E-state index contributed by atoms with van der Waals surface area (Å²) in [4.78, 5) is 2.54. The van der Waals surface area contributed by atoms with Gasteiger partial charge in [0.1, 0.15) is 9.84 Å². The third kappa shape index (κ3) is 2.88. The fraction of sp³-hybridized carbons (Fsp3) is 0.647. The minimum absolute atomic E-state index is 0.191. The maximum Gasteiger partial charge on any atom is 0.147 e. The first-order valence-corrected chi connectivity index (χ1v) is 10.1. The predicted octanol–water partition coefficient (Wildman–Crippen LogP) is 2.82. The van der Waals surface area contributed by atoms with Gasteiger partial charge < -0.3 is 0 Å². The maximum atomic E-state index is 11.3. The highest BCUT2D eigenvalue weighted by Crippen LogP contribution is 2.53. The van der Waals surface area contributed by atoms with Gasteiger partial charge in [-0.1, -0.05) is 43.2 Å². The molecule has 2 fully saturated rings. The van der Waals surface area contributed by atoms with Crippen molar-refractivity contribution >= 4 is 9.84 Å². The monoisotopic (exact) mass is 307 g/mol. The van der Waals surface area contributed by atoms with Crippen LogP contribution in [0.15, 0.2) is 30.3 Å². The van der Waals surface area contributed by atoms with Crippen molar-refractivity contribution in [2.24, 2.45) is 5.92 Å². The average Bonchev–Trinajstić information content (AvgIpc) is 2.44. The lowest BCUT2D eigenvalue weighted by atomic mass is 9.61. The molecule has 0 spiro atoms. The largest absolute Gasteiger partial charge is 0.293 e. The fourth-order valence-electron chi connectivity index (χ4n) is 4.30. The smallest absolute Gasteiger partial charge is 0.147 e. The van der Waals surface area contributed by atoms with E-state index in [0.29, 0.717) is 5.75 Å². The normalized spacial score (nSPS) is 29.7. The standard InChI is InChI=1S/C17H25NO2S/c1-21(19,20)13-7-12-18-14-16-10-5-6-11-17(16,18)15-8-3-2-4-9-15/h2-4,8-9,16H,5-7,10-14H2,1H3. The molecule has 3 rings (SSSR count). The highest BCUT2D eigenvalue weighted by Gasteiger charge is 2.54. The molecule has 3 nitrogen and oxygen atoms in total. The Kier molecular flexibility index (Phi) is 4.10. The van der Waals surface area contributed by atoms with Gasteiger partial charge in [-0.15, -0.1) is 0 Å². The van der Waals surface area contributed by atoms with Gasteiger partial charge in [-0.3, -0.25) is 4.90 Å². The molecule has 2 unspecified atom stereocenters.